The molecule has 6 heteroatoms. The number of benzene rings is 1. The molecule has 2 amide bonds. The highest BCUT2D eigenvalue weighted by Gasteiger charge is 2.23. The van der Waals surface area contributed by atoms with Crippen molar-refractivity contribution in [2.45, 2.75) is 33.0 Å². The molecule has 23 heavy (non-hydrogen) atoms. The predicted molar refractivity (Wildman–Crippen MR) is 87.3 cm³/mol. The zero-order chi connectivity index (χ0) is 16.2. The van der Waals surface area contributed by atoms with E-state index in [0.29, 0.717) is 26.2 Å². The van der Waals surface area contributed by atoms with Crippen LogP contribution in [0.5, 0.6) is 5.75 Å². The highest BCUT2D eigenvalue weighted by molar-refractivity contribution is 5.74. The first-order valence-corrected chi connectivity index (χ1v) is 7.88. The van der Waals surface area contributed by atoms with E-state index in [0.717, 1.165) is 17.1 Å². The van der Waals surface area contributed by atoms with Gasteiger partial charge in [0.1, 0.15) is 17.7 Å². The van der Waals surface area contributed by atoms with Gasteiger partial charge in [0.25, 0.3) is 0 Å². The van der Waals surface area contributed by atoms with Gasteiger partial charge in [-0.2, -0.15) is 0 Å². The zero-order valence-corrected chi connectivity index (χ0v) is 13.5. The number of rotatable bonds is 3. The van der Waals surface area contributed by atoms with Crippen molar-refractivity contribution in [1.29, 1.82) is 0 Å². The molecule has 0 saturated carbocycles. The van der Waals surface area contributed by atoms with Crippen molar-refractivity contribution >= 4 is 6.03 Å². The zero-order valence-electron chi connectivity index (χ0n) is 13.5. The second kappa shape index (κ2) is 6.73. The molecule has 122 valence electrons. The number of carbonyl (C=O) groups excluding carboxylic acids is 1. The minimum Gasteiger partial charge on any atom is -0.489 e. The number of nitrogens with one attached hydrogen (secondary N) is 1. The Kier molecular flexibility index (Phi) is 4.50. The number of imidazole rings is 1. The summed E-state index contributed by atoms with van der Waals surface area (Å²) in [5.74, 6) is 1.81. The van der Waals surface area contributed by atoms with Crippen molar-refractivity contribution in [3.8, 4) is 5.75 Å². The van der Waals surface area contributed by atoms with Gasteiger partial charge in [-0.05, 0) is 19.9 Å². The molecule has 1 aliphatic rings. The Hall–Kier alpha value is -2.50. The summed E-state index contributed by atoms with van der Waals surface area (Å²) >= 11 is 0. The molecular weight excluding hydrogens is 292 g/mol. The van der Waals surface area contributed by atoms with Crippen LogP contribution in [0.3, 0.4) is 0 Å². The van der Waals surface area contributed by atoms with E-state index < -0.39 is 0 Å². The fraction of sp³-hybridized carbons (Fsp3) is 0.412. The number of para-hydroxylation sites is 1. The second-order valence-electron chi connectivity index (χ2n) is 5.82. The maximum atomic E-state index is 12.5. The molecule has 2 aromatic rings. The lowest BCUT2D eigenvalue weighted by Crippen LogP contribution is -2.43. The Balaban J connectivity index is 1.59. The summed E-state index contributed by atoms with van der Waals surface area (Å²) in [5, 5.41) is 2.98. The Labute approximate surface area is 136 Å². The van der Waals surface area contributed by atoms with E-state index in [4.69, 9.17) is 4.74 Å². The number of fused-ring (bicyclic) bond motifs is 1. The molecule has 0 radical (unpaired) electrons. The van der Waals surface area contributed by atoms with Crippen molar-refractivity contribution < 1.29 is 9.53 Å². The third-order valence-corrected chi connectivity index (χ3v) is 3.98. The molecule has 1 aliphatic heterocycles. The molecule has 0 bridgehead atoms. The summed E-state index contributed by atoms with van der Waals surface area (Å²) in [4.78, 5) is 18.4. The lowest BCUT2D eigenvalue weighted by molar-refractivity contribution is 0.158. The van der Waals surface area contributed by atoms with Gasteiger partial charge in [-0.3, -0.25) is 0 Å². The quantitative estimate of drug-likeness (QED) is 0.944. The number of urea groups is 1. The van der Waals surface area contributed by atoms with Crippen LogP contribution in [-0.2, 0) is 13.1 Å². The predicted octanol–water partition coefficient (Wildman–Crippen LogP) is 2.18. The van der Waals surface area contributed by atoms with E-state index >= 15 is 0 Å². The number of aryl methyl sites for hydroxylation is 1. The molecule has 1 atom stereocenters. The summed E-state index contributed by atoms with van der Waals surface area (Å²) in [6.45, 7) is 6.36. The van der Waals surface area contributed by atoms with Gasteiger partial charge in [-0.1, -0.05) is 18.2 Å². The first-order chi connectivity index (χ1) is 11.1. The maximum Gasteiger partial charge on any atom is 0.317 e. The molecule has 0 spiro atoms. The molecule has 1 aromatic carbocycles. The van der Waals surface area contributed by atoms with Crippen molar-refractivity contribution in [1.82, 2.24) is 19.8 Å². The fourth-order valence-electron chi connectivity index (χ4n) is 2.77. The van der Waals surface area contributed by atoms with Crippen LogP contribution >= 0.6 is 0 Å². The molecule has 1 aromatic heterocycles. The molecule has 1 unspecified atom stereocenters. The molecule has 2 heterocycles. The molecule has 6 nitrogen and oxygen atoms in total. The normalized spacial score (nSPS) is 17.1. The number of ether oxygens (including phenoxy) is 1. The first kappa shape index (κ1) is 15.4. The Morgan fingerprint density at radius 2 is 2.26 bits per heavy atom. The van der Waals surface area contributed by atoms with Gasteiger partial charge in [0, 0.05) is 31.0 Å². The van der Waals surface area contributed by atoms with E-state index in [9.17, 15) is 4.79 Å². The lowest BCUT2D eigenvalue weighted by atomic mass is 10.2. The van der Waals surface area contributed by atoms with Gasteiger partial charge in [-0.15, -0.1) is 0 Å². The van der Waals surface area contributed by atoms with Crippen molar-refractivity contribution in [2.24, 2.45) is 0 Å². The number of aromatic nitrogens is 2. The van der Waals surface area contributed by atoms with Crippen LogP contribution in [0, 0.1) is 6.92 Å². The Morgan fingerprint density at radius 3 is 3.04 bits per heavy atom. The van der Waals surface area contributed by atoms with Crippen LogP contribution in [0.2, 0.25) is 0 Å². The van der Waals surface area contributed by atoms with Gasteiger partial charge in [0.05, 0.1) is 13.1 Å². The number of hydrogen-bond donors (Lipinski definition) is 1. The van der Waals surface area contributed by atoms with E-state index in [1.165, 1.54) is 0 Å². The number of carbonyl (C=O) groups is 1. The Bertz CT molecular complexity index is 683. The van der Waals surface area contributed by atoms with Gasteiger partial charge in [-0.25, -0.2) is 9.78 Å². The lowest BCUT2D eigenvalue weighted by Gasteiger charge is -2.22. The van der Waals surface area contributed by atoms with Crippen molar-refractivity contribution in [2.75, 3.05) is 13.1 Å². The molecular formula is C17H22N4O2. The standard InChI is InChI=1S/C17H22N4O2/c1-13-11-21(12-15-5-3-4-6-16(15)23-13)17(22)19-8-10-20-9-7-18-14(20)2/h3-7,9,13H,8,10-12H2,1-2H3,(H,19,22). The summed E-state index contributed by atoms with van der Waals surface area (Å²) in [6, 6.07) is 7.82. The van der Waals surface area contributed by atoms with Gasteiger partial charge in [0.15, 0.2) is 0 Å². The van der Waals surface area contributed by atoms with Gasteiger partial charge >= 0.3 is 6.03 Å². The third kappa shape index (κ3) is 3.64. The van der Waals surface area contributed by atoms with Crippen LogP contribution in [0.4, 0.5) is 4.79 Å². The molecule has 0 saturated heterocycles. The fourth-order valence-corrected chi connectivity index (χ4v) is 2.77. The summed E-state index contributed by atoms with van der Waals surface area (Å²) in [5.41, 5.74) is 1.04. The van der Waals surface area contributed by atoms with Gasteiger partial charge in [0.2, 0.25) is 0 Å². The summed E-state index contributed by atoms with van der Waals surface area (Å²) in [6.07, 6.45) is 3.65. The molecule has 0 aliphatic carbocycles. The van der Waals surface area contributed by atoms with Crippen molar-refractivity contribution in [3.05, 3.63) is 48.0 Å². The monoisotopic (exact) mass is 314 g/mol. The number of amides is 2. The summed E-state index contributed by atoms with van der Waals surface area (Å²) < 4.78 is 7.90. The first-order valence-electron chi connectivity index (χ1n) is 7.88. The van der Waals surface area contributed by atoms with Crippen LogP contribution in [0.25, 0.3) is 0 Å². The maximum absolute atomic E-state index is 12.5. The highest BCUT2D eigenvalue weighted by Crippen LogP contribution is 2.24. The Morgan fingerprint density at radius 1 is 1.43 bits per heavy atom. The minimum absolute atomic E-state index is 0.0275. The SMILES string of the molecule is Cc1nccn1CCNC(=O)N1Cc2ccccc2OC(C)C1. The average Bonchev–Trinajstić information content (AvgIpc) is 2.85. The topological polar surface area (TPSA) is 59.4 Å². The van der Waals surface area contributed by atoms with E-state index in [1.807, 2.05) is 48.9 Å². The van der Waals surface area contributed by atoms with Crippen LogP contribution in [0.1, 0.15) is 18.3 Å². The van der Waals surface area contributed by atoms with Crippen molar-refractivity contribution in [3.63, 3.8) is 0 Å². The number of hydrogen-bond acceptors (Lipinski definition) is 3. The third-order valence-electron chi connectivity index (χ3n) is 3.98. The van der Waals surface area contributed by atoms with Crippen LogP contribution < -0.4 is 10.1 Å². The van der Waals surface area contributed by atoms with Crippen LogP contribution in [0.15, 0.2) is 36.7 Å². The summed E-state index contributed by atoms with van der Waals surface area (Å²) in [7, 11) is 0. The molecule has 0 fully saturated rings. The highest BCUT2D eigenvalue weighted by atomic mass is 16.5. The van der Waals surface area contributed by atoms with E-state index in [1.54, 1.807) is 11.1 Å². The second-order valence-corrected chi connectivity index (χ2v) is 5.82. The smallest absolute Gasteiger partial charge is 0.317 e. The van der Waals surface area contributed by atoms with E-state index in [2.05, 4.69) is 10.3 Å². The largest absolute Gasteiger partial charge is 0.489 e. The molecule has 3 rings (SSSR count). The average molecular weight is 314 g/mol. The van der Waals surface area contributed by atoms with E-state index in [-0.39, 0.29) is 12.1 Å². The van der Waals surface area contributed by atoms with Crippen LogP contribution in [-0.4, -0.2) is 39.7 Å². The molecule has 1 N–H and O–H groups in total. The number of nitrogens with zero attached hydrogens (tertiary/aromatic N) is 3. The minimum atomic E-state index is -0.0603. The van der Waals surface area contributed by atoms with Gasteiger partial charge < -0.3 is 19.5 Å².